The molecule has 0 spiro atoms. The second kappa shape index (κ2) is 5.13. The smallest absolute Gasteiger partial charge is 0.147 e. The van der Waals surface area contributed by atoms with Gasteiger partial charge in [0.15, 0.2) is 0 Å². The van der Waals surface area contributed by atoms with Gasteiger partial charge in [0, 0.05) is 28.2 Å². The lowest BCUT2D eigenvalue weighted by atomic mass is 10.1. The quantitative estimate of drug-likeness (QED) is 0.437. The number of aromatic nitrogens is 1. The third-order valence-corrected chi connectivity index (χ3v) is 3.29. The molecule has 0 saturated heterocycles. The number of nitrogens with two attached hydrogens (primary N) is 2. The van der Waals surface area contributed by atoms with Gasteiger partial charge in [0.25, 0.3) is 0 Å². The van der Waals surface area contributed by atoms with E-state index in [4.69, 9.17) is 16.9 Å². The van der Waals surface area contributed by atoms with Gasteiger partial charge in [-0.25, -0.2) is 4.98 Å². The lowest BCUT2D eigenvalue weighted by Gasteiger charge is -2.12. The van der Waals surface area contributed by atoms with E-state index in [0.29, 0.717) is 11.4 Å². The minimum absolute atomic E-state index is 0.0490. The number of hydrogen-bond acceptors (Lipinski definition) is 4. The summed E-state index contributed by atoms with van der Waals surface area (Å²) in [6.07, 6.45) is 1.76. The van der Waals surface area contributed by atoms with Gasteiger partial charge in [0.05, 0.1) is 5.69 Å². The Morgan fingerprint density at radius 2 is 1.76 bits per heavy atom. The van der Waals surface area contributed by atoms with Crippen molar-refractivity contribution in [3.63, 3.8) is 0 Å². The van der Waals surface area contributed by atoms with Gasteiger partial charge in [-0.05, 0) is 24.3 Å². The zero-order valence-electron chi connectivity index (χ0n) is 11.3. The van der Waals surface area contributed by atoms with Gasteiger partial charge in [-0.15, -0.1) is 0 Å². The zero-order valence-corrected chi connectivity index (χ0v) is 11.3. The summed E-state index contributed by atoms with van der Waals surface area (Å²) in [5.41, 5.74) is 13.8. The van der Waals surface area contributed by atoms with Gasteiger partial charge in [0.2, 0.25) is 0 Å². The highest BCUT2D eigenvalue weighted by Crippen LogP contribution is 2.30. The monoisotopic (exact) mass is 277 g/mol. The molecule has 0 fully saturated rings. The Labute approximate surface area is 122 Å². The Kier molecular flexibility index (Phi) is 3.16. The van der Waals surface area contributed by atoms with E-state index in [1.165, 1.54) is 0 Å². The molecule has 104 valence electrons. The average molecular weight is 277 g/mol. The lowest BCUT2D eigenvalue weighted by molar-refractivity contribution is 1.36. The van der Waals surface area contributed by atoms with Gasteiger partial charge in [-0.1, -0.05) is 24.3 Å². The maximum atomic E-state index is 7.40. The topological polar surface area (TPSA) is 101 Å². The van der Waals surface area contributed by atoms with Crippen molar-refractivity contribution in [2.24, 2.45) is 5.73 Å². The number of nitrogen functional groups attached to an aromatic ring is 2. The first-order valence-electron chi connectivity index (χ1n) is 6.50. The van der Waals surface area contributed by atoms with Crippen molar-refractivity contribution in [2.75, 3.05) is 11.1 Å². The molecule has 5 nitrogen and oxygen atoms in total. The number of anilines is 3. The predicted molar refractivity (Wildman–Crippen MR) is 86.9 cm³/mol. The van der Waals surface area contributed by atoms with Crippen LogP contribution in [-0.4, -0.2) is 10.8 Å². The van der Waals surface area contributed by atoms with E-state index in [2.05, 4.69) is 10.3 Å². The first-order valence-corrected chi connectivity index (χ1v) is 6.50. The average Bonchev–Trinajstić information content (AvgIpc) is 2.51. The van der Waals surface area contributed by atoms with Crippen LogP contribution in [0.15, 0.2) is 54.7 Å². The standard InChI is InChI=1S/C16H15N5/c17-15(18)10-5-7-12(8-6-10)21-14-13-4-2-1-3-11(13)9-20-16(14)19/h1-9,21H,(H3,17,18)(H2,19,20). The number of nitrogens with one attached hydrogen (secondary N) is 2. The molecular formula is C16H15N5. The van der Waals surface area contributed by atoms with Gasteiger partial charge < -0.3 is 16.8 Å². The summed E-state index contributed by atoms with van der Waals surface area (Å²) in [6.45, 7) is 0. The molecule has 1 aromatic heterocycles. The number of amidine groups is 1. The zero-order chi connectivity index (χ0) is 14.8. The van der Waals surface area contributed by atoms with E-state index in [1.54, 1.807) is 18.3 Å². The number of pyridine rings is 1. The summed E-state index contributed by atoms with van der Waals surface area (Å²) in [4.78, 5) is 4.21. The van der Waals surface area contributed by atoms with E-state index < -0.39 is 0 Å². The van der Waals surface area contributed by atoms with Crippen LogP contribution in [0.2, 0.25) is 0 Å². The summed E-state index contributed by atoms with van der Waals surface area (Å²) in [5.74, 6) is 0.497. The van der Waals surface area contributed by atoms with Gasteiger partial charge >= 0.3 is 0 Å². The van der Waals surface area contributed by atoms with E-state index >= 15 is 0 Å². The predicted octanol–water partition coefficient (Wildman–Crippen LogP) is 2.84. The molecule has 3 aromatic rings. The van der Waals surface area contributed by atoms with Gasteiger partial charge in [0.1, 0.15) is 11.7 Å². The van der Waals surface area contributed by atoms with Crippen LogP contribution in [0.3, 0.4) is 0 Å². The van der Waals surface area contributed by atoms with Crippen molar-refractivity contribution in [3.8, 4) is 0 Å². The molecule has 0 aliphatic rings. The van der Waals surface area contributed by atoms with Crippen LogP contribution < -0.4 is 16.8 Å². The summed E-state index contributed by atoms with van der Waals surface area (Å²) >= 11 is 0. The Morgan fingerprint density at radius 1 is 1.05 bits per heavy atom. The molecule has 0 bridgehead atoms. The fourth-order valence-corrected chi connectivity index (χ4v) is 2.19. The Balaban J connectivity index is 2.01. The minimum Gasteiger partial charge on any atom is -0.384 e. The number of fused-ring (bicyclic) bond motifs is 1. The van der Waals surface area contributed by atoms with E-state index in [1.807, 2.05) is 36.4 Å². The van der Waals surface area contributed by atoms with Crippen molar-refractivity contribution < 1.29 is 0 Å². The van der Waals surface area contributed by atoms with E-state index in [9.17, 15) is 0 Å². The molecular weight excluding hydrogens is 262 g/mol. The normalized spacial score (nSPS) is 10.5. The molecule has 5 heteroatoms. The third kappa shape index (κ3) is 2.49. The Morgan fingerprint density at radius 3 is 2.48 bits per heavy atom. The first kappa shape index (κ1) is 12.9. The second-order valence-corrected chi connectivity index (χ2v) is 4.72. The molecule has 0 aliphatic carbocycles. The molecule has 0 unspecified atom stereocenters. The minimum atomic E-state index is 0.0490. The molecule has 3 rings (SSSR count). The molecule has 1 heterocycles. The van der Waals surface area contributed by atoms with Gasteiger partial charge in [-0.2, -0.15) is 0 Å². The van der Waals surface area contributed by atoms with Crippen LogP contribution in [-0.2, 0) is 0 Å². The molecule has 0 amide bonds. The molecule has 0 atom stereocenters. The van der Waals surface area contributed by atoms with Crippen LogP contribution in [0.4, 0.5) is 17.2 Å². The van der Waals surface area contributed by atoms with Crippen LogP contribution in [0.1, 0.15) is 5.56 Å². The fourth-order valence-electron chi connectivity index (χ4n) is 2.19. The molecule has 0 radical (unpaired) electrons. The molecule has 6 N–H and O–H groups in total. The van der Waals surface area contributed by atoms with E-state index in [-0.39, 0.29) is 5.84 Å². The summed E-state index contributed by atoms with van der Waals surface area (Å²) in [6, 6.07) is 15.2. The number of hydrogen-bond donors (Lipinski definition) is 4. The molecule has 21 heavy (non-hydrogen) atoms. The van der Waals surface area contributed by atoms with Crippen molar-refractivity contribution >= 4 is 33.8 Å². The van der Waals surface area contributed by atoms with Crippen molar-refractivity contribution in [3.05, 3.63) is 60.3 Å². The fraction of sp³-hybridized carbons (Fsp3) is 0. The number of benzene rings is 2. The SMILES string of the molecule is N=C(N)c1ccc(Nc2c(N)ncc3ccccc23)cc1. The lowest BCUT2D eigenvalue weighted by Crippen LogP contribution is -2.10. The first-order chi connectivity index (χ1) is 10.1. The highest BCUT2D eigenvalue weighted by Gasteiger charge is 2.07. The Bertz CT molecular complexity index is 809. The third-order valence-electron chi connectivity index (χ3n) is 3.29. The van der Waals surface area contributed by atoms with Crippen molar-refractivity contribution in [1.29, 1.82) is 5.41 Å². The Hall–Kier alpha value is -3.08. The molecule has 0 aliphatic heterocycles. The summed E-state index contributed by atoms with van der Waals surface area (Å²) in [7, 11) is 0. The van der Waals surface area contributed by atoms with Crippen LogP contribution in [0.5, 0.6) is 0 Å². The summed E-state index contributed by atoms with van der Waals surface area (Å²) in [5, 5.41) is 12.7. The van der Waals surface area contributed by atoms with Crippen LogP contribution >= 0.6 is 0 Å². The van der Waals surface area contributed by atoms with Crippen LogP contribution in [0.25, 0.3) is 10.8 Å². The highest BCUT2D eigenvalue weighted by molar-refractivity contribution is 5.99. The van der Waals surface area contributed by atoms with E-state index in [0.717, 1.165) is 22.1 Å². The maximum Gasteiger partial charge on any atom is 0.147 e. The van der Waals surface area contributed by atoms with Gasteiger partial charge in [-0.3, -0.25) is 5.41 Å². The largest absolute Gasteiger partial charge is 0.384 e. The van der Waals surface area contributed by atoms with Crippen molar-refractivity contribution in [2.45, 2.75) is 0 Å². The maximum absolute atomic E-state index is 7.40. The summed E-state index contributed by atoms with van der Waals surface area (Å²) < 4.78 is 0. The number of rotatable bonds is 3. The molecule has 0 saturated carbocycles. The second-order valence-electron chi connectivity index (χ2n) is 4.72. The number of nitrogens with zero attached hydrogens (tertiary/aromatic N) is 1. The van der Waals surface area contributed by atoms with Crippen LogP contribution in [0, 0.1) is 5.41 Å². The highest BCUT2D eigenvalue weighted by atomic mass is 15.0. The molecule has 2 aromatic carbocycles. The van der Waals surface area contributed by atoms with Crippen molar-refractivity contribution in [1.82, 2.24) is 4.98 Å².